The molecule has 1 saturated carbocycles. The molecule has 1 aromatic rings. The molecule has 0 saturated heterocycles. The Morgan fingerprint density at radius 1 is 1.35 bits per heavy atom. The van der Waals surface area contributed by atoms with Gasteiger partial charge in [-0.05, 0) is 57.1 Å². The molecular formula is C19H30ClN3O2S. The Morgan fingerprint density at radius 3 is 2.77 bits per heavy atom. The van der Waals surface area contributed by atoms with Crippen LogP contribution >= 0.6 is 23.4 Å². The smallest absolute Gasteiger partial charge is 0.191 e. The van der Waals surface area contributed by atoms with Gasteiger partial charge in [0.05, 0.1) is 25.3 Å². The minimum atomic E-state index is 0.490. The number of guanidine groups is 1. The number of nitrogens with one attached hydrogen (secondary N) is 2. The molecule has 0 radical (unpaired) electrons. The maximum atomic E-state index is 6.35. The van der Waals surface area contributed by atoms with Crippen LogP contribution in [0.4, 0.5) is 0 Å². The van der Waals surface area contributed by atoms with Gasteiger partial charge in [0.15, 0.2) is 17.5 Å². The van der Waals surface area contributed by atoms with Gasteiger partial charge in [-0.1, -0.05) is 11.6 Å². The number of halogens is 1. The van der Waals surface area contributed by atoms with Crippen LogP contribution in [0, 0.1) is 0 Å². The predicted octanol–water partition coefficient (Wildman–Crippen LogP) is 4.09. The third-order valence-corrected chi connectivity index (χ3v) is 5.78. The first-order chi connectivity index (χ1) is 12.6. The van der Waals surface area contributed by atoms with Gasteiger partial charge in [0.1, 0.15) is 0 Å². The van der Waals surface area contributed by atoms with Crippen molar-refractivity contribution < 1.29 is 9.47 Å². The average Bonchev–Trinajstić information content (AvgIpc) is 3.09. The molecule has 5 nitrogen and oxygen atoms in total. The van der Waals surface area contributed by atoms with Gasteiger partial charge in [-0.2, -0.15) is 11.8 Å². The lowest BCUT2D eigenvalue weighted by Crippen LogP contribution is -2.42. The molecule has 2 atom stereocenters. The Kier molecular flexibility index (Phi) is 8.72. The normalized spacial score (nSPS) is 20.1. The third kappa shape index (κ3) is 5.88. The lowest BCUT2D eigenvalue weighted by atomic mass is 10.2. The number of thioether (sulfide) groups is 1. The Morgan fingerprint density at radius 2 is 2.15 bits per heavy atom. The van der Waals surface area contributed by atoms with Crippen LogP contribution in [0.5, 0.6) is 11.5 Å². The summed E-state index contributed by atoms with van der Waals surface area (Å²) in [7, 11) is 1.62. The summed E-state index contributed by atoms with van der Waals surface area (Å²) in [6, 6.07) is 4.31. The summed E-state index contributed by atoms with van der Waals surface area (Å²) in [5, 5.41) is 8.20. The fourth-order valence-electron chi connectivity index (χ4n) is 3.12. The van der Waals surface area contributed by atoms with Crippen molar-refractivity contribution in [3.8, 4) is 11.5 Å². The molecule has 146 valence electrons. The highest BCUT2D eigenvalue weighted by Crippen LogP contribution is 2.36. The zero-order chi connectivity index (χ0) is 18.9. The summed E-state index contributed by atoms with van der Waals surface area (Å²) in [5.74, 6) is 2.08. The quantitative estimate of drug-likeness (QED) is 0.509. The molecule has 2 N–H and O–H groups in total. The predicted molar refractivity (Wildman–Crippen MR) is 112 cm³/mol. The Bertz CT molecular complexity index is 613. The third-order valence-electron chi connectivity index (χ3n) is 4.40. The molecule has 26 heavy (non-hydrogen) atoms. The summed E-state index contributed by atoms with van der Waals surface area (Å²) in [5.41, 5.74) is 0.987. The van der Waals surface area contributed by atoms with Crippen LogP contribution in [0.25, 0.3) is 0 Å². The minimum absolute atomic E-state index is 0.490. The van der Waals surface area contributed by atoms with Gasteiger partial charge in [0.25, 0.3) is 0 Å². The van der Waals surface area contributed by atoms with Gasteiger partial charge >= 0.3 is 0 Å². The second-order valence-corrected chi connectivity index (χ2v) is 7.79. The van der Waals surface area contributed by atoms with E-state index in [-0.39, 0.29) is 0 Å². The molecule has 0 aliphatic heterocycles. The average molecular weight is 400 g/mol. The van der Waals surface area contributed by atoms with E-state index < -0.39 is 0 Å². The summed E-state index contributed by atoms with van der Waals surface area (Å²) in [6.45, 7) is 5.90. The van der Waals surface area contributed by atoms with Gasteiger partial charge < -0.3 is 20.1 Å². The largest absolute Gasteiger partial charge is 0.493 e. The van der Waals surface area contributed by atoms with Crippen LogP contribution in [0.15, 0.2) is 17.1 Å². The van der Waals surface area contributed by atoms with Crippen molar-refractivity contribution in [1.82, 2.24) is 10.6 Å². The van der Waals surface area contributed by atoms with E-state index in [1.165, 1.54) is 19.3 Å². The van der Waals surface area contributed by atoms with Gasteiger partial charge in [-0.25, -0.2) is 4.99 Å². The molecule has 0 aromatic heterocycles. The minimum Gasteiger partial charge on any atom is -0.493 e. The van der Waals surface area contributed by atoms with Gasteiger partial charge in [0.2, 0.25) is 0 Å². The first kappa shape index (κ1) is 21.0. The molecular weight excluding hydrogens is 370 g/mol. The summed E-state index contributed by atoms with van der Waals surface area (Å²) >= 11 is 8.31. The van der Waals surface area contributed by atoms with E-state index in [4.69, 9.17) is 26.1 Å². The monoisotopic (exact) mass is 399 g/mol. The van der Waals surface area contributed by atoms with E-state index in [9.17, 15) is 0 Å². The van der Waals surface area contributed by atoms with Crippen molar-refractivity contribution in [2.24, 2.45) is 4.99 Å². The van der Waals surface area contributed by atoms with Gasteiger partial charge in [-0.15, -0.1) is 0 Å². The molecule has 0 bridgehead atoms. The Hall–Kier alpha value is -1.27. The first-order valence-electron chi connectivity index (χ1n) is 9.18. The molecule has 1 fully saturated rings. The van der Waals surface area contributed by atoms with Crippen LogP contribution < -0.4 is 20.1 Å². The van der Waals surface area contributed by atoms with Crippen LogP contribution in [0.2, 0.25) is 5.02 Å². The number of rotatable bonds is 8. The number of hydrogen-bond acceptors (Lipinski definition) is 4. The van der Waals surface area contributed by atoms with Gasteiger partial charge in [0, 0.05) is 17.8 Å². The lowest BCUT2D eigenvalue weighted by molar-refractivity contribution is 0.311. The highest BCUT2D eigenvalue weighted by molar-refractivity contribution is 7.99. The molecule has 0 heterocycles. The number of methoxy groups -OCH3 is 1. The lowest BCUT2D eigenvalue weighted by Gasteiger charge is -2.17. The zero-order valence-corrected chi connectivity index (χ0v) is 17.7. The summed E-state index contributed by atoms with van der Waals surface area (Å²) in [4.78, 5) is 4.72. The molecule has 2 unspecified atom stereocenters. The maximum Gasteiger partial charge on any atom is 0.191 e. The molecule has 1 aromatic carbocycles. The summed E-state index contributed by atoms with van der Waals surface area (Å²) in [6.07, 6.45) is 5.84. The van der Waals surface area contributed by atoms with Crippen molar-refractivity contribution in [3.63, 3.8) is 0 Å². The van der Waals surface area contributed by atoms with Crippen LogP contribution in [0.1, 0.15) is 38.7 Å². The van der Waals surface area contributed by atoms with Gasteiger partial charge in [-0.3, -0.25) is 0 Å². The highest BCUT2D eigenvalue weighted by atomic mass is 35.5. The van der Waals surface area contributed by atoms with E-state index >= 15 is 0 Å². The SMILES string of the molecule is CCNC(=NCc1cc(Cl)c(OCC)c(OC)c1)NC1CCC(SC)C1. The van der Waals surface area contributed by atoms with Crippen molar-refractivity contribution in [2.45, 2.75) is 50.9 Å². The molecule has 1 aliphatic carbocycles. The Balaban J connectivity index is 2.07. The summed E-state index contributed by atoms with van der Waals surface area (Å²) < 4.78 is 11.0. The topological polar surface area (TPSA) is 54.9 Å². The number of benzene rings is 1. The van der Waals surface area contributed by atoms with Crippen LogP contribution in [-0.2, 0) is 6.54 Å². The fourth-order valence-corrected chi connectivity index (χ4v) is 4.20. The highest BCUT2D eigenvalue weighted by Gasteiger charge is 2.24. The number of hydrogen-bond donors (Lipinski definition) is 2. The van der Waals surface area contributed by atoms with E-state index in [2.05, 4.69) is 23.8 Å². The van der Waals surface area contributed by atoms with Crippen LogP contribution in [0.3, 0.4) is 0 Å². The molecule has 2 rings (SSSR count). The van der Waals surface area contributed by atoms with Crippen molar-refractivity contribution in [1.29, 1.82) is 0 Å². The van der Waals surface area contributed by atoms with Crippen molar-refractivity contribution in [2.75, 3.05) is 26.5 Å². The molecule has 7 heteroatoms. The molecule has 0 spiro atoms. The number of aliphatic imine (C=N–C) groups is 1. The first-order valence-corrected chi connectivity index (χ1v) is 10.8. The van der Waals surface area contributed by atoms with E-state index in [0.717, 1.165) is 23.3 Å². The number of ether oxygens (including phenoxy) is 2. The standard InChI is InChI=1S/C19H30ClN3O2S/c1-5-21-19(23-14-7-8-15(11-14)26-4)22-12-13-9-16(20)18(25-6-2)17(10-13)24-3/h9-10,14-15H,5-8,11-12H2,1-4H3,(H2,21,22,23). The Labute approximate surface area is 166 Å². The van der Waals surface area contributed by atoms with E-state index in [0.29, 0.717) is 35.7 Å². The second kappa shape index (κ2) is 10.8. The fraction of sp³-hybridized carbons (Fsp3) is 0.632. The second-order valence-electron chi connectivity index (χ2n) is 6.25. The van der Waals surface area contributed by atoms with E-state index in [1.807, 2.05) is 30.8 Å². The zero-order valence-electron chi connectivity index (χ0n) is 16.1. The molecule has 1 aliphatic rings. The van der Waals surface area contributed by atoms with Crippen molar-refractivity contribution >= 4 is 29.3 Å². The van der Waals surface area contributed by atoms with Crippen molar-refractivity contribution in [3.05, 3.63) is 22.7 Å². The van der Waals surface area contributed by atoms with Crippen LogP contribution in [-0.4, -0.2) is 43.8 Å². The maximum absolute atomic E-state index is 6.35. The van der Waals surface area contributed by atoms with E-state index in [1.54, 1.807) is 7.11 Å². The number of nitrogens with zero attached hydrogens (tertiary/aromatic N) is 1. The molecule has 0 amide bonds.